The number of nitriles is 1. The van der Waals surface area contributed by atoms with Crippen LogP contribution in [-0.2, 0) is 12.8 Å². The summed E-state index contributed by atoms with van der Waals surface area (Å²) >= 11 is 9.85. The fraction of sp³-hybridized carbons (Fsp3) is 0.200. The Morgan fingerprint density at radius 1 is 1.19 bits per heavy atom. The lowest BCUT2D eigenvalue weighted by Gasteiger charge is -2.22. The number of ether oxygens (including phenoxy) is 2. The quantitative estimate of drug-likeness (QED) is 0.333. The molecule has 0 atom stereocenters. The average molecular weight is 509 g/mol. The largest absolute Gasteiger partial charge is 0.496 e. The highest BCUT2D eigenvalue weighted by Gasteiger charge is 2.29. The summed E-state index contributed by atoms with van der Waals surface area (Å²) in [6.07, 6.45) is 1.59. The first kappa shape index (κ1) is 20.9. The van der Waals surface area contributed by atoms with E-state index in [9.17, 15) is 5.26 Å². The van der Waals surface area contributed by atoms with Crippen molar-refractivity contribution in [3.05, 3.63) is 62.6 Å². The van der Waals surface area contributed by atoms with Crippen molar-refractivity contribution in [1.82, 2.24) is 9.97 Å². The minimum absolute atomic E-state index is 0.347. The van der Waals surface area contributed by atoms with Gasteiger partial charge in [-0.15, -0.1) is 0 Å². The number of rotatable bonds is 4. The molecule has 160 valence electrons. The molecule has 32 heavy (non-hydrogen) atoms. The van der Waals surface area contributed by atoms with Crippen LogP contribution in [0, 0.1) is 11.3 Å². The van der Waals surface area contributed by atoms with Gasteiger partial charge in [0.15, 0.2) is 0 Å². The van der Waals surface area contributed by atoms with Gasteiger partial charge < -0.3 is 14.5 Å². The minimum Gasteiger partial charge on any atom is -0.496 e. The Hall–Kier alpha value is -3.01. The monoisotopic (exact) mass is 507 g/mol. The van der Waals surface area contributed by atoms with Gasteiger partial charge in [0.1, 0.15) is 17.4 Å². The van der Waals surface area contributed by atoms with Gasteiger partial charge in [-0.05, 0) is 82.7 Å². The lowest BCUT2D eigenvalue weighted by Crippen LogP contribution is -2.11. The number of aryl methyl sites for hydroxylation is 1. The van der Waals surface area contributed by atoms with E-state index in [1.165, 1.54) is 5.56 Å². The Morgan fingerprint density at radius 3 is 2.72 bits per heavy atom. The van der Waals surface area contributed by atoms with Crippen molar-refractivity contribution in [2.24, 2.45) is 0 Å². The molecule has 0 saturated carbocycles. The minimum atomic E-state index is 0.347. The van der Waals surface area contributed by atoms with Crippen molar-refractivity contribution in [2.75, 3.05) is 13.7 Å². The third kappa shape index (κ3) is 3.24. The van der Waals surface area contributed by atoms with E-state index >= 15 is 0 Å². The Morgan fingerprint density at radius 2 is 2.00 bits per heavy atom. The van der Waals surface area contributed by atoms with Gasteiger partial charge in [-0.25, -0.2) is 4.98 Å². The summed E-state index contributed by atoms with van der Waals surface area (Å²) in [5.41, 5.74) is 7.24. The second-order valence-corrected chi connectivity index (χ2v) is 8.85. The second-order valence-electron chi connectivity index (χ2n) is 7.56. The highest BCUT2D eigenvalue weighted by molar-refractivity contribution is 9.10. The molecule has 4 aromatic rings. The molecule has 0 spiro atoms. The Labute approximate surface area is 199 Å². The van der Waals surface area contributed by atoms with Crippen LogP contribution in [0.4, 0.5) is 0 Å². The van der Waals surface area contributed by atoms with E-state index in [1.807, 2.05) is 43.3 Å². The number of methoxy groups -OCH3 is 1. The fourth-order valence-electron chi connectivity index (χ4n) is 4.47. The van der Waals surface area contributed by atoms with Crippen LogP contribution in [0.15, 0.2) is 40.9 Å². The van der Waals surface area contributed by atoms with E-state index in [2.05, 4.69) is 27.0 Å². The van der Waals surface area contributed by atoms with Crippen LogP contribution in [0.1, 0.15) is 23.6 Å². The van der Waals surface area contributed by atoms with E-state index < -0.39 is 0 Å². The van der Waals surface area contributed by atoms with Crippen LogP contribution in [0.25, 0.3) is 33.4 Å². The molecule has 2 heterocycles. The maximum absolute atomic E-state index is 10.1. The van der Waals surface area contributed by atoms with E-state index in [1.54, 1.807) is 7.11 Å². The molecule has 0 radical (unpaired) electrons. The maximum Gasteiger partial charge on any atom is 0.232 e. The number of aromatic nitrogens is 2. The third-order valence-corrected chi connectivity index (χ3v) is 6.68. The first-order chi connectivity index (χ1) is 15.5. The Kier molecular flexibility index (Phi) is 5.32. The Balaban J connectivity index is 1.83. The topological polar surface area (TPSA) is 70.9 Å². The lowest BCUT2D eigenvalue weighted by atomic mass is 9.85. The molecular formula is C25H19BrClN3O2. The summed E-state index contributed by atoms with van der Waals surface area (Å²) in [6, 6.07) is 14.0. The van der Waals surface area contributed by atoms with Crippen LogP contribution in [0.3, 0.4) is 0 Å². The van der Waals surface area contributed by atoms with E-state index in [-0.39, 0.29) is 0 Å². The molecule has 1 aliphatic carbocycles. The van der Waals surface area contributed by atoms with Gasteiger partial charge in [0.2, 0.25) is 5.88 Å². The van der Waals surface area contributed by atoms with Crippen LogP contribution >= 0.6 is 27.5 Å². The van der Waals surface area contributed by atoms with Gasteiger partial charge in [-0.2, -0.15) is 5.26 Å². The maximum atomic E-state index is 10.1. The SMILES string of the molecule is CCOc1nc2c(c(-c3ccc(OC)c(Br)c3)c1C#N)CCc1c-2[nH]c2ccc(Cl)cc12. The van der Waals surface area contributed by atoms with Crippen LogP contribution in [-0.4, -0.2) is 23.7 Å². The molecule has 2 aromatic heterocycles. The van der Waals surface area contributed by atoms with Crippen molar-refractivity contribution in [1.29, 1.82) is 5.26 Å². The number of aromatic amines is 1. The number of pyridine rings is 1. The first-order valence-corrected chi connectivity index (χ1v) is 11.5. The molecule has 0 bridgehead atoms. The number of hydrogen-bond donors (Lipinski definition) is 1. The molecule has 0 unspecified atom stereocenters. The fourth-order valence-corrected chi connectivity index (χ4v) is 5.18. The molecule has 0 aliphatic heterocycles. The van der Waals surface area contributed by atoms with Gasteiger partial charge in [0, 0.05) is 21.5 Å². The zero-order valence-corrected chi connectivity index (χ0v) is 19.9. The molecule has 5 nitrogen and oxygen atoms in total. The second kappa shape index (κ2) is 8.16. The summed E-state index contributed by atoms with van der Waals surface area (Å²) in [6.45, 7) is 2.31. The van der Waals surface area contributed by atoms with E-state index in [0.29, 0.717) is 23.1 Å². The molecule has 7 heteroatoms. The van der Waals surface area contributed by atoms with Crippen molar-refractivity contribution in [3.63, 3.8) is 0 Å². The average Bonchev–Trinajstić information content (AvgIpc) is 3.16. The third-order valence-electron chi connectivity index (χ3n) is 5.83. The number of halogens is 2. The molecule has 1 aliphatic rings. The predicted octanol–water partition coefficient (Wildman–Crippen LogP) is 6.69. The number of hydrogen-bond acceptors (Lipinski definition) is 4. The van der Waals surface area contributed by atoms with Gasteiger partial charge in [-0.1, -0.05) is 17.7 Å². The summed E-state index contributed by atoms with van der Waals surface area (Å²) < 4.78 is 12.0. The highest BCUT2D eigenvalue weighted by atomic mass is 79.9. The first-order valence-electron chi connectivity index (χ1n) is 10.3. The standard InChI is InChI=1S/C25H19BrClN3O2/c1-3-32-25-18(12-28)22(13-4-9-21(31-2)19(26)10-13)16-7-6-15-17-11-14(27)5-8-20(17)29-23(15)24(16)30-25/h4-5,8-11,29H,3,6-7H2,1-2H3. The predicted molar refractivity (Wildman–Crippen MR) is 130 cm³/mol. The normalized spacial score (nSPS) is 12.2. The smallest absolute Gasteiger partial charge is 0.232 e. The van der Waals surface area contributed by atoms with Gasteiger partial charge >= 0.3 is 0 Å². The number of fused-ring (bicyclic) bond motifs is 5. The summed E-state index contributed by atoms with van der Waals surface area (Å²) in [5, 5.41) is 11.9. The molecular weight excluding hydrogens is 490 g/mol. The molecule has 5 rings (SSSR count). The number of nitrogens with one attached hydrogen (secondary N) is 1. The molecule has 1 N–H and O–H groups in total. The van der Waals surface area contributed by atoms with Crippen molar-refractivity contribution < 1.29 is 9.47 Å². The summed E-state index contributed by atoms with van der Waals surface area (Å²) in [5.74, 6) is 1.08. The number of H-pyrrole nitrogens is 1. The summed E-state index contributed by atoms with van der Waals surface area (Å²) in [4.78, 5) is 8.36. The van der Waals surface area contributed by atoms with E-state index in [0.717, 1.165) is 62.0 Å². The van der Waals surface area contributed by atoms with Crippen LogP contribution in [0.5, 0.6) is 11.6 Å². The zero-order chi connectivity index (χ0) is 22.4. The van der Waals surface area contributed by atoms with Gasteiger partial charge in [0.05, 0.1) is 29.6 Å². The Bertz CT molecular complexity index is 1420. The van der Waals surface area contributed by atoms with Crippen LogP contribution in [0.2, 0.25) is 5.02 Å². The van der Waals surface area contributed by atoms with Crippen molar-refractivity contribution in [2.45, 2.75) is 19.8 Å². The highest BCUT2D eigenvalue weighted by Crippen LogP contribution is 2.45. The molecule has 0 fully saturated rings. The number of nitrogens with zero attached hydrogens (tertiary/aromatic N) is 2. The van der Waals surface area contributed by atoms with Crippen molar-refractivity contribution >= 4 is 38.4 Å². The van der Waals surface area contributed by atoms with Crippen molar-refractivity contribution in [3.8, 4) is 40.2 Å². The van der Waals surface area contributed by atoms with Gasteiger partial charge in [0.25, 0.3) is 0 Å². The molecule has 0 amide bonds. The zero-order valence-electron chi connectivity index (χ0n) is 17.6. The molecule has 0 saturated heterocycles. The molecule has 2 aromatic carbocycles. The lowest BCUT2D eigenvalue weighted by molar-refractivity contribution is 0.326. The van der Waals surface area contributed by atoms with Crippen LogP contribution < -0.4 is 9.47 Å². The van der Waals surface area contributed by atoms with E-state index in [4.69, 9.17) is 26.1 Å². The number of benzene rings is 2. The summed E-state index contributed by atoms with van der Waals surface area (Å²) in [7, 11) is 1.63. The van der Waals surface area contributed by atoms with Gasteiger partial charge in [-0.3, -0.25) is 0 Å².